The van der Waals surface area contributed by atoms with Crippen LogP contribution in [-0.2, 0) is 10.3 Å². The molecule has 1 unspecified atom stereocenters. The molecule has 20 heavy (non-hydrogen) atoms. The number of nitrogens with zero attached hydrogens (tertiary/aromatic N) is 4. The Morgan fingerprint density at radius 2 is 2.20 bits per heavy atom. The maximum Gasteiger partial charge on any atom is 0.331 e. The van der Waals surface area contributed by atoms with E-state index >= 15 is 0 Å². The standard InChI is InChI=1S/C13H15FN4O2/c1-4-13(3,12(19)20)18-11(15-16-17-18)10-7-9(14)6-5-8(10)2/h5-7H,4H2,1-3H3,(H,19,20). The number of aromatic nitrogens is 4. The van der Waals surface area contributed by atoms with Crippen LogP contribution in [0.2, 0.25) is 0 Å². The van der Waals surface area contributed by atoms with Gasteiger partial charge in [-0.15, -0.1) is 5.10 Å². The molecule has 6 nitrogen and oxygen atoms in total. The van der Waals surface area contributed by atoms with E-state index < -0.39 is 17.3 Å². The van der Waals surface area contributed by atoms with Crippen molar-refractivity contribution in [3.05, 3.63) is 29.6 Å². The Hall–Kier alpha value is -2.31. The SMILES string of the molecule is CCC(C)(C(=O)O)n1nnnc1-c1cc(F)ccc1C. The Morgan fingerprint density at radius 3 is 2.80 bits per heavy atom. The second-order valence-corrected chi connectivity index (χ2v) is 4.81. The number of rotatable bonds is 4. The smallest absolute Gasteiger partial charge is 0.331 e. The molecule has 0 spiro atoms. The average molecular weight is 278 g/mol. The first kappa shape index (κ1) is 14.1. The summed E-state index contributed by atoms with van der Waals surface area (Å²) in [6, 6.07) is 4.24. The summed E-state index contributed by atoms with van der Waals surface area (Å²) in [6.07, 6.45) is 0.300. The van der Waals surface area contributed by atoms with Gasteiger partial charge in [0.05, 0.1) is 0 Å². The second-order valence-electron chi connectivity index (χ2n) is 4.81. The zero-order valence-electron chi connectivity index (χ0n) is 11.5. The van der Waals surface area contributed by atoms with Gasteiger partial charge in [-0.1, -0.05) is 13.0 Å². The minimum absolute atomic E-state index is 0.244. The van der Waals surface area contributed by atoms with Crippen molar-refractivity contribution in [3.63, 3.8) is 0 Å². The molecule has 1 aromatic carbocycles. The Morgan fingerprint density at radius 1 is 1.50 bits per heavy atom. The molecule has 7 heteroatoms. The van der Waals surface area contributed by atoms with Gasteiger partial charge >= 0.3 is 5.97 Å². The lowest BCUT2D eigenvalue weighted by Crippen LogP contribution is -2.39. The largest absolute Gasteiger partial charge is 0.479 e. The second kappa shape index (κ2) is 4.99. The molecule has 0 aliphatic rings. The first-order chi connectivity index (χ1) is 9.40. The highest BCUT2D eigenvalue weighted by molar-refractivity contribution is 5.77. The molecule has 0 amide bonds. The predicted octanol–water partition coefficient (Wildman–Crippen LogP) is 2.00. The normalized spacial score (nSPS) is 14.0. The van der Waals surface area contributed by atoms with Gasteiger partial charge in [0.2, 0.25) is 0 Å². The number of hydrogen-bond donors (Lipinski definition) is 1. The highest BCUT2D eigenvalue weighted by Crippen LogP contribution is 2.28. The highest BCUT2D eigenvalue weighted by atomic mass is 19.1. The average Bonchev–Trinajstić information content (AvgIpc) is 2.90. The molecule has 2 rings (SSSR count). The van der Waals surface area contributed by atoms with E-state index in [0.717, 1.165) is 5.56 Å². The molecule has 1 N–H and O–H groups in total. The maximum absolute atomic E-state index is 13.4. The lowest BCUT2D eigenvalue weighted by molar-refractivity contribution is -0.147. The van der Waals surface area contributed by atoms with Crippen LogP contribution >= 0.6 is 0 Å². The van der Waals surface area contributed by atoms with Crippen LogP contribution in [0.25, 0.3) is 11.4 Å². The van der Waals surface area contributed by atoms with E-state index in [1.807, 2.05) is 0 Å². The van der Waals surface area contributed by atoms with Crippen LogP contribution < -0.4 is 0 Å². The number of halogens is 1. The van der Waals surface area contributed by atoms with Crippen LogP contribution in [0.3, 0.4) is 0 Å². The molecule has 1 atom stereocenters. The summed E-state index contributed by atoms with van der Waals surface area (Å²) in [7, 11) is 0. The van der Waals surface area contributed by atoms with Gasteiger partial charge in [-0.2, -0.15) is 0 Å². The lowest BCUT2D eigenvalue weighted by atomic mass is 9.98. The van der Waals surface area contributed by atoms with E-state index in [1.165, 1.54) is 23.7 Å². The molecule has 2 aromatic rings. The fourth-order valence-electron chi connectivity index (χ4n) is 1.91. The number of carbonyl (C=O) groups is 1. The van der Waals surface area contributed by atoms with Crippen LogP contribution in [0.4, 0.5) is 4.39 Å². The van der Waals surface area contributed by atoms with E-state index in [-0.39, 0.29) is 5.82 Å². The molecule has 0 aliphatic heterocycles. The van der Waals surface area contributed by atoms with Gasteiger partial charge in [-0.25, -0.2) is 13.9 Å². The summed E-state index contributed by atoms with van der Waals surface area (Å²) < 4.78 is 14.6. The van der Waals surface area contributed by atoms with E-state index in [4.69, 9.17) is 0 Å². The molecule has 0 fully saturated rings. The number of benzene rings is 1. The molecule has 0 bridgehead atoms. The van der Waals surface area contributed by atoms with Crippen molar-refractivity contribution in [1.29, 1.82) is 0 Å². The van der Waals surface area contributed by atoms with Crippen LogP contribution in [0.15, 0.2) is 18.2 Å². The highest BCUT2D eigenvalue weighted by Gasteiger charge is 2.37. The van der Waals surface area contributed by atoms with Gasteiger partial charge in [0, 0.05) is 5.56 Å². The Labute approximate surface area is 115 Å². The molecular formula is C13H15FN4O2. The summed E-state index contributed by atoms with van der Waals surface area (Å²) >= 11 is 0. The fourth-order valence-corrected chi connectivity index (χ4v) is 1.91. The van der Waals surface area contributed by atoms with Crippen LogP contribution in [0, 0.1) is 12.7 Å². The van der Waals surface area contributed by atoms with Crippen molar-refractivity contribution in [3.8, 4) is 11.4 Å². The Balaban J connectivity index is 2.64. The van der Waals surface area contributed by atoms with Crippen molar-refractivity contribution < 1.29 is 14.3 Å². The van der Waals surface area contributed by atoms with Gasteiger partial charge in [-0.05, 0) is 48.4 Å². The molecule has 0 saturated heterocycles. The van der Waals surface area contributed by atoms with Gasteiger partial charge < -0.3 is 5.11 Å². The fraction of sp³-hybridized carbons (Fsp3) is 0.385. The summed E-state index contributed by atoms with van der Waals surface area (Å²) in [4.78, 5) is 11.5. The third kappa shape index (κ3) is 2.15. The van der Waals surface area contributed by atoms with Crippen molar-refractivity contribution in [2.45, 2.75) is 32.7 Å². The zero-order valence-corrected chi connectivity index (χ0v) is 11.5. The first-order valence-corrected chi connectivity index (χ1v) is 6.19. The number of carboxylic acids is 1. The van der Waals surface area contributed by atoms with E-state index in [2.05, 4.69) is 15.5 Å². The van der Waals surface area contributed by atoms with E-state index in [0.29, 0.717) is 12.0 Å². The number of tetrazole rings is 1. The monoisotopic (exact) mass is 278 g/mol. The number of aliphatic carboxylic acids is 1. The Kier molecular flexibility index (Phi) is 3.52. The van der Waals surface area contributed by atoms with Crippen LogP contribution in [0.1, 0.15) is 25.8 Å². The molecular weight excluding hydrogens is 263 g/mol. The van der Waals surface area contributed by atoms with Crippen LogP contribution in [-0.4, -0.2) is 31.3 Å². The zero-order chi connectivity index (χ0) is 14.9. The minimum Gasteiger partial charge on any atom is -0.479 e. The summed E-state index contributed by atoms with van der Waals surface area (Å²) in [5, 5.41) is 20.6. The summed E-state index contributed by atoms with van der Waals surface area (Å²) in [5.74, 6) is -1.22. The predicted molar refractivity (Wildman–Crippen MR) is 69.5 cm³/mol. The summed E-state index contributed by atoms with van der Waals surface area (Å²) in [5.41, 5.74) is -0.0281. The quantitative estimate of drug-likeness (QED) is 0.925. The van der Waals surface area contributed by atoms with E-state index in [9.17, 15) is 14.3 Å². The minimum atomic E-state index is -1.28. The molecule has 0 saturated carbocycles. The van der Waals surface area contributed by atoms with Gasteiger partial charge in [0.15, 0.2) is 11.4 Å². The van der Waals surface area contributed by atoms with Crippen molar-refractivity contribution in [2.75, 3.05) is 0 Å². The van der Waals surface area contributed by atoms with Gasteiger partial charge in [-0.3, -0.25) is 0 Å². The van der Waals surface area contributed by atoms with Gasteiger partial charge in [0.25, 0.3) is 0 Å². The molecule has 1 aromatic heterocycles. The lowest BCUT2D eigenvalue weighted by Gasteiger charge is -2.24. The molecule has 0 radical (unpaired) electrons. The number of carboxylic acid groups (broad SMARTS) is 1. The maximum atomic E-state index is 13.4. The molecule has 0 aliphatic carbocycles. The number of hydrogen-bond acceptors (Lipinski definition) is 4. The first-order valence-electron chi connectivity index (χ1n) is 6.19. The molecule has 106 valence electrons. The number of aryl methyl sites for hydroxylation is 1. The topological polar surface area (TPSA) is 80.9 Å². The third-order valence-electron chi connectivity index (χ3n) is 3.53. The Bertz CT molecular complexity index is 656. The third-order valence-corrected chi connectivity index (χ3v) is 3.53. The van der Waals surface area contributed by atoms with Crippen molar-refractivity contribution >= 4 is 5.97 Å². The van der Waals surface area contributed by atoms with Gasteiger partial charge in [0.1, 0.15) is 5.82 Å². The van der Waals surface area contributed by atoms with Crippen LogP contribution in [0.5, 0.6) is 0 Å². The van der Waals surface area contributed by atoms with Crippen molar-refractivity contribution in [2.24, 2.45) is 0 Å². The van der Waals surface area contributed by atoms with Crippen molar-refractivity contribution in [1.82, 2.24) is 20.2 Å². The molecule has 1 heterocycles. The summed E-state index contributed by atoms with van der Waals surface area (Å²) in [6.45, 7) is 5.06. The van der Waals surface area contributed by atoms with E-state index in [1.54, 1.807) is 19.9 Å².